The van der Waals surface area contributed by atoms with E-state index >= 15 is 0 Å². The highest BCUT2D eigenvalue weighted by molar-refractivity contribution is 5.92. The van der Waals surface area contributed by atoms with Crippen molar-refractivity contribution in [1.82, 2.24) is 29.9 Å². The van der Waals surface area contributed by atoms with Gasteiger partial charge in [-0.15, -0.1) is 0 Å². The number of likely N-dealkylation sites (N-methyl/N-ethyl adjacent to an activating group) is 2. The van der Waals surface area contributed by atoms with Crippen LogP contribution in [0.5, 0.6) is 0 Å². The Hall–Kier alpha value is -2.61. The molecule has 3 rings (SSSR count). The normalized spacial score (nSPS) is 20.5. The van der Waals surface area contributed by atoms with Gasteiger partial charge in [-0.05, 0) is 44.0 Å². The summed E-state index contributed by atoms with van der Waals surface area (Å²) in [5.41, 5.74) is 1.70. The second-order valence-corrected chi connectivity index (χ2v) is 7.78. The van der Waals surface area contributed by atoms with Crippen LogP contribution < -0.4 is 5.32 Å². The number of hydrogen-bond acceptors (Lipinski definition) is 4. The molecule has 1 aliphatic rings. The van der Waals surface area contributed by atoms with Crippen molar-refractivity contribution in [1.29, 1.82) is 0 Å². The molecule has 2 aromatic heterocycles. The lowest BCUT2D eigenvalue weighted by Crippen LogP contribution is -2.42. The first-order chi connectivity index (χ1) is 13.4. The molecule has 0 bridgehead atoms. The number of rotatable bonds is 6. The molecule has 2 amide bonds. The minimum absolute atomic E-state index is 0.0410. The number of H-pyrrole nitrogens is 1. The van der Waals surface area contributed by atoms with Gasteiger partial charge in [-0.1, -0.05) is 0 Å². The van der Waals surface area contributed by atoms with E-state index in [1.54, 1.807) is 16.9 Å². The third-order valence-electron chi connectivity index (χ3n) is 5.33. The molecule has 0 spiro atoms. The fourth-order valence-electron chi connectivity index (χ4n) is 3.79. The largest absolute Gasteiger partial charge is 0.357 e. The molecule has 0 unspecified atom stereocenters. The van der Waals surface area contributed by atoms with Crippen molar-refractivity contribution < 1.29 is 9.59 Å². The second-order valence-electron chi connectivity index (χ2n) is 7.78. The summed E-state index contributed by atoms with van der Waals surface area (Å²) in [6.07, 6.45) is 7.93. The van der Waals surface area contributed by atoms with Crippen molar-refractivity contribution in [3.05, 3.63) is 42.0 Å². The highest BCUT2D eigenvalue weighted by Gasteiger charge is 2.29. The Morgan fingerprint density at radius 2 is 2.14 bits per heavy atom. The Kier molecular flexibility index (Phi) is 6.51. The summed E-state index contributed by atoms with van der Waals surface area (Å²) in [5, 5.41) is 7.26. The van der Waals surface area contributed by atoms with Crippen molar-refractivity contribution in [3.63, 3.8) is 0 Å². The molecule has 0 aliphatic carbocycles. The topological polar surface area (TPSA) is 86.3 Å². The molecule has 28 heavy (non-hydrogen) atoms. The molecule has 0 radical (unpaired) electrons. The number of carbonyl (C=O) groups is 2. The van der Waals surface area contributed by atoms with E-state index < -0.39 is 0 Å². The van der Waals surface area contributed by atoms with Crippen LogP contribution in [0.3, 0.4) is 0 Å². The number of hydrogen-bond donors (Lipinski definition) is 2. The molecule has 8 nitrogen and oxygen atoms in total. The number of nitrogens with one attached hydrogen (secondary N) is 2. The van der Waals surface area contributed by atoms with Crippen LogP contribution in [-0.4, -0.2) is 76.2 Å². The van der Waals surface area contributed by atoms with E-state index in [4.69, 9.17) is 0 Å². The maximum Gasteiger partial charge on any atom is 0.267 e. The van der Waals surface area contributed by atoms with Crippen molar-refractivity contribution in [3.8, 4) is 0 Å². The molecule has 1 saturated heterocycles. The quantitative estimate of drug-likeness (QED) is 0.772. The molecule has 0 aromatic carbocycles. The second kappa shape index (κ2) is 9.05. The van der Waals surface area contributed by atoms with Gasteiger partial charge in [0, 0.05) is 52.2 Å². The Morgan fingerprint density at radius 3 is 2.82 bits per heavy atom. The van der Waals surface area contributed by atoms with Gasteiger partial charge in [0.15, 0.2) is 0 Å². The van der Waals surface area contributed by atoms with Gasteiger partial charge < -0.3 is 20.1 Å². The first-order valence-electron chi connectivity index (χ1n) is 9.77. The fraction of sp³-hybridized carbons (Fsp3) is 0.550. The van der Waals surface area contributed by atoms with E-state index in [1.165, 1.54) is 0 Å². The van der Waals surface area contributed by atoms with Crippen molar-refractivity contribution in [2.24, 2.45) is 13.0 Å². The minimum Gasteiger partial charge on any atom is -0.357 e. The monoisotopic (exact) mass is 386 g/mol. The minimum atomic E-state index is -0.0956. The molecule has 152 valence electrons. The zero-order valence-corrected chi connectivity index (χ0v) is 16.9. The van der Waals surface area contributed by atoms with Crippen LogP contribution in [0, 0.1) is 5.92 Å². The van der Waals surface area contributed by atoms with Crippen LogP contribution in [0.25, 0.3) is 0 Å². The number of nitrogens with zero attached hydrogens (tertiary/aromatic N) is 4. The van der Waals surface area contributed by atoms with Gasteiger partial charge in [-0.25, -0.2) is 0 Å². The molecule has 2 aromatic rings. The number of aromatic amines is 1. The van der Waals surface area contributed by atoms with E-state index in [0.29, 0.717) is 18.8 Å². The van der Waals surface area contributed by atoms with Crippen LogP contribution >= 0.6 is 0 Å². The summed E-state index contributed by atoms with van der Waals surface area (Å²) in [5.74, 6) is 0.0325. The zero-order chi connectivity index (χ0) is 20.1. The van der Waals surface area contributed by atoms with Crippen LogP contribution in [-0.2, 0) is 18.3 Å². The van der Waals surface area contributed by atoms with Gasteiger partial charge in [-0.3, -0.25) is 14.3 Å². The van der Waals surface area contributed by atoms with E-state index in [-0.39, 0.29) is 23.8 Å². The van der Waals surface area contributed by atoms with Gasteiger partial charge in [0.05, 0.1) is 12.1 Å². The SMILES string of the molecule is CN1C[C@@H](NC(=O)c2ccc[nH]2)CC[C@@H](C(=O)N(C)CCc2cnn(C)c2)C1. The van der Waals surface area contributed by atoms with Gasteiger partial charge >= 0.3 is 0 Å². The predicted molar refractivity (Wildman–Crippen MR) is 107 cm³/mol. The van der Waals surface area contributed by atoms with Crippen molar-refractivity contribution >= 4 is 11.8 Å². The smallest absolute Gasteiger partial charge is 0.267 e. The Balaban J connectivity index is 1.51. The molecule has 1 aliphatic heterocycles. The highest BCUT2D eigenvalue weighted by Crippen LogP contribution is 2.18. The Bertz CT molecular complexity index is 784. The molecule has 8 heteroatoms. The summed E-state index contributed by atoms with van der Waals surface area (Å²) in [7, 11) is 5.77. The molecule has 2 N–H and O–H groups in total. The average molecular weight is 387 g/mol. The number of aromatic nitrogens is 3. The fourth-order valence-corrected chi connectivity index (χ4v) is 3.79. The Morgan fingerprint density at radius 1 is 1.32 bits per heavy atom. The first-order valence-corrected chi connectivity index (χ1v) is 9.77. The predicted octanol–water partition coefficient (Wildman–Crippen LogP) is 0.890. The Labute approximate surface area is 165 Å². The number of aryl methyl sites for hydroxylation is 1. The zero-order valence-electron chi connectivity index (χ0n) is 16.9. The van der Waals surface area contributed by atoms with E-state index in [9.17, 15) is 9.59 Å². The number of amides is 2. The van der Waals surface area contributed by atoms with Gasteiger partial charge in [0.2, 0.25) is 5.91 Å². The third-order valence-corrected chi connectivity index (χ3v) is 5.33. The maximum absolute atomic E-state index is 12.9. The van der Waals surface area contributed by atoms with E-state index in [2.05, 4.69) is 20.3 Å². The molecule has 0 saturated carbocycles. The third kappa shape index (κ3) is 5.22. The van der Waals surface area contributed by atoms with E-state index in [1.807, 2.05) is 44.5 Å². The average Bonchev–Trinajstić information content (AvgIpc) is 3.30. The summed E-state index contributed by atoms with van der Waals surface area (Å²) in [6.45, 7) is 2.14. The summed E-state index contributed by atoms with van der Waals surface area (Å²) >= 11 is 0. The number of likely N-dealkylation sites (tertiary alicyclic amines) is 1. The van der Waals surface area contributed by atoms with Crippen LogP contribution in [0.1, 0.15) is 28.9 Å². The molecular formula is C20H30N6O2. The summed E-state index contributed by atoms with van der Waals surface area (Å²) in [4.78, 5) is 32.1. The molecule has 3 heterocycles. The van der Waals surface area contributed by atoms with E-state index in [0.717, 1.165) is 31.4 Å². The molecular weight excluding hydrogens is 356 g/mol. The molecule has 1 fully saturated rings. The molecule has 2 atom stereocenters. The van der Waals surface area contributed by atoms with Crippen LogP contribution in [0.2, 0.25) is 0 Å². The highest BCUT2D eigenvalue weighted by atomic mass is 16.2. The van der Waals surface area contributed by atoms with Gasteiger partial charge in [-0.2, -0.15) is 5.10 Å². The van der Waals surface area contributed by atoms with Crippen LogP contribution in [0.4, 0.5) is 0 Å². The van der Waals surface area contributed by atoms with Crippen molar-refractivity contribution in [2.45, 2.75) is 25.3 Å². The standard InChI is InChI=1S/C20H30N6O2/c1-24-13-16(20(28)25(2)10-8-15-11-22-26(3)12-15)6-7-17(14-24)23-19(27)18-5-4-9-21-18/h4-5,9,11-12,16-17,21H,6-8,10,13-14H2,1-3H3,(H,23,27)/t16-,17+/m1/s1. The number of carbonyl (C=O) groups excluding carboxylic acids is 2. The van der Waals surface area contributed by atoms with Crippen molar-refractivity contribution in [2.75, 3.05) is 33.7 Å². The lowest BCUT2D eigenvalue weighted by Gasteiger charge is -2.25. The summed E-state index contributed by atoms with van der Waals surface area (Å²) < 4.78 is 1.78. The lowest BCUT2D eigenvalue weighted by molar-refractivity contribution is -0.134. The summed E-state index contributed by atoms with van der Waals surface area (Å²) in [6, 6.07) is 3.61. The lowest BCUT2D eigenvalue weighted by atomic mass is 10.00. The van der Waals surface area contributed by atoms with Gasteiger partial charge in [0.25, 0.3) is 5.91 Å². The maximum atomic E-state index is 12.9. The van der Waals surface area contributed by atoms with Gasteiger partial charge in [0.1, 0.15) is 5.69 Å². The van der Waals surface area contributed by atoms with Crippen LogP contribution in [0.15, 0.2) is 30.7 Å². The first kappa shape index (κ1) is 20.1.